The molecule has 2 fully saturated rings. The van der Waals surface area contributed by atoms with Gasteiger partial charge in [-0.3, -0.25) is 0 Å². The van der Waals surface area contributed by atoms with Gasteiger partial charge in [-0.25, -0.2) is 4.79 Å². The van der Waals surface area contributed by atoms with Gasteiger partial charge in [-0.05, 0) is 50.9 Å². The summed E-state index contributed by atoms with van der Waals surface area (Å²) in [6.45, 7) is 4.95. The average molecular weight is 316 g/mol. The Labute approximate surface area is 139 Å². The standard InChI is InChI=1S/C18H28N4O/c1-21-10-5-6-16(14-21)20-18(23)19-12-15-9-11-22(13-15)17-7-3-2-4-8-17/h2-4,7-8,15-16H,5-6,9-14H2,1H3,(H2,19,20,23). The summed E-state index contributed by atoms with van der Waals surface area (Å²) >= 11 is 0. The van der Waals surface area contributed by atoms with Gasteiger partial charge in [-0.1, -0.05) is 18.2 Å². The lowest BCUT2D eigenvalue weighted by molar-refractivity contribution is 0.208. The number of hydrogen-bond donors (Lipinski definition) is 2. The van der Waals surface area contributed by atoms with Crippen LogP contribution in [0.1, 0.15) is 19.3 Å². The molecule has 0 aromatic heterocycles. The van der Waals surface area contributed by atoms with Gasteiger partial charge < -0.3 is 20.4 Å². The van der Waals surface area contributed by atoms with E-state index in [-0.39, 0.29) is 12.1 Å². The van der Waals surface area contributed by atoms with Crippen LogP contribution in [0.15, 0.2) is 30.3 Å². The van der Waals surface area contributed by atoms with Gasteiger partial charge in [0.15, 0.2) is 0 Å². The van der Waals surface area contributed by atoms with Crippen LogP contribution in [0.4, 0.5) is 10.5 Å². The molecule has 2 N–H and O–H groups in total. The fourth-order valence-electron chi connectivity index (χ4n) is 3.63. The van der Waals surface area contributed by atoms with E-state index in [4.69, 9.17) is 0 Å². The van der Waals surface area contributed by atoms with Gasteiger partial charge in [0, 0.05) is 37.9 Å². The lowest BCUT2D eigenvalue weighted by Crippen LogP contribution is -2.50. The number of likely N-dealkylation sites (N-methyl/N-ethyl adjacent to an activating group) is 1. The number of benzene rings is 1. The molecule has 2 amide bonds. The number of nitrogens with zero attached hydrogens (tertiary/aromatic N) is 2. The predicted octanol–water partition coefficient (Wildman–Crippen LogP) is 1.91. The topological polar surface area (TPSA) is 47.6 Å². The zero-order valence-electron chi connectivity index (χ0n) is 14.0. The Balaban J connectivity index is 1.38. The van der Waals surface area contributed by atoms with E-state index >= 15 is 0 Å². The third kappa shape index (κ3) is 4.61. The zero-order chi connectivity index (χ0) is 16.1. The van der Waals surface area contributed by atoms with Crippen LogP contribution in [0.2, 0.25) is 0 Å². The maximum Gasteiger partial charge on any atom is 0.315 e. The van der Waals surface area contributed by atoms with Gasteiger partial charge in [0.2, 0.25) is 0 Å². The largest absolute Gasteiger partial charge is 0.371 e. The number of para-hydroxylation sites is 1. The summed E-state index contributed by atoms with van der Waals surface area (Å²) < 4.78 is 0. The summed E-state index contributed by atoms with van der Waals surface area (Å²) in [6, 6.07) is 10.8. The normalized spacial score (nSPS) is 25.3. The minimum Gasteiger partial charge on any atom is -0.371 e. The first kappa shape index (κ1) is 16.1. The fourth-order valence-corrected chi connectivity index (χ4v) is 3.63. The minimum atomic E-state index is -0.0107. The summed E-state index contributed by atoms with van der Waals surface area (Å²) in [5, 5.41) is 6.17. The molecule has 126 valence electrons. The summed E-state index contributed by atoms with van der Waals surface area (Å²) in [5.74, 6) is 0.537. The maximum atomic E-state index is 12.1. The lowest BCUT2D eigenvalue weighted by atomic mass is 10.1. The Morgan fingerprint density at radius 1 is 1.17 bits per heavy atom. The number of likely N-dealkylation sites (tertiary alicyclic amines) is 1. The second-order valence-corrected chi connectivity index (χ2v) is 6.89. The molecular weight excluding hydrogens is 288 g/mol. The van der Waals surface area contributed by atoms with Crippen LogP contribution in [0.5, 0.6) is 0 Å². The monoisotopic (exact) mass is 316 g/mol. The number of carbonyl (C=O) groups excluding carboxylic acids is 1. The molecule has 0 spiro atoms. The lowest BCUT2D eigenvalue weighted by Gasteiger charge is -2.30. The van der Waals surface area contributed by atoms with Crippen LogP contribution < -0.4 is 15.5 Å². The number of urea groups is 1. The SMILES string of the molecule is CN1CCCC(NC(=O)NCC2CCN(c3ccccc3)C2)C1. The first-order valence-corrected chi connectivity index (χ1v) is 8.73. The molecular formula is C18H28N4O. The maximum absolute atomic E-state index is 12.1. The molecule has 2 aliphatic heterocycles. The van der Waals surface area contributed by atoms with Crippen LogP contribution in [0.3, 0.4) is 0 Å². The molecule has 3 rings (SSSR count). The third-order valence-corrected chi connectivity index (χ3v) is 4.92. The highest BCUT2D eigenvalue weighted by Crippen LogP contribution is 2.22. The predicted molar refractivity (Wildman–Crippen MR) is 93.8 cm³/mol. The summed E-state index contributed by atoms with van der Waals surface area (Å²) in [5.41, 5.74) is 1.28. The third-order valence-electron chi connectivity index (χ3n) is 4.92. The smallest absolute Gasteiger partial charge is 0.315 e. The molecule has 0 saturated carbocycles. The first-order valence-electron chi connectivity index (χ1n) is 8.73. The highest BCUT2D eigenvalue weighted by Gasteiger charge is 2.24. The van der Waals surface area contributed by atoms with Crippen LogP contribution in [0, 0.1) is 5.92 Å². The first-order chi connectivity index (χ1) is 11.2. The highest BCUT2D eigenvalue weighted by molar-refractivity contribution is 5.74. The Morgan fingerprint density at radius 3 is 2.78 bits per heavy atom. The van der Waals surface area contributed by atoms with Crippen LogP contribution in [-0.2, 0) is 0 Å². The Morgan fingerprint density at radius 2 is 2.00 bits per heavy atom. The van der Waals surface area contributed by atoms with Crippen molar-refractivity contribution in [3.05, 3.63) is 30.3 Å². The van der Waals surface area contributed by atoms with Gasteiger partial charge in [0.1, 0.15) is 0 Å². The van der Waals surface area contributed by atoms with Gasteiger partial charge in [0.25, 0.3) is 0 Å². The van der Waals surface area contributed by atoms with Crippen LogP contribution >= 0.6 is 0 Å². The zero-order valence-corrected chi connectivity index (χ0v) is 14.0. The van der Waals surface area contributed by atoms with E-state index in [1.165, 1.54) is 5.69 Å². The average Bonchev–Trinajstić information content (AvgIpc) is 3.03. The molecule has 2 heterocycles. The van der Waals surface area contributed by atoms with E-state index in [0.717, 1.165) is 52.0 Å². The molecule has 5 heteroatoms. The van der Waals surface area contributed by atoms with Gasteiger partial charge >= 0.3 is 6.03 Å². The van der Waals surface area contributed by atoms with Gasteiger partial charge in [-0.2, -0.15) is 0 Å². The minimum absolute atomic E-state index is 0.0107. The highest BCUT2D eigenvalue weighted by atomic mass is 16.2. The van der Waals surface area contributed by atoms with E-state index in [2.05, 4.69) is 51.7 Å². The van der Waals surface area contributed by atoms with Crippen molar-refractivity contribution >= 4 is 11.7 Å². The van der Waals surface area contributed by atoms with Crippen molar-refractivity contribution in [3.63, 3.8) is 0 Å². The summed E-state index contributed by atoms with van der Waals surface area (Å²) in [4.78, 5) is 16.8. The molecule has 23 heavy (non-hydrogen) atoms. The van der Waals surface area contributed by atoms with Crippen LogP contribution in [-0.4, -0.2) is 56.7 Å². The Hall–Kier alpha value is -1.75. The van der Waals surface area contributed by atoms with E-state index < -0.39 is 0 Å². The number of anilines is 1. The molecule has 1 aromatic rings. The molecule has 2 atom stereocenters. The molecule has 0 radical (unpaired) electrons. The molecule has 2 unspecified atom stereocenters. The number of hydrogen-bond acceptors (Lipinski definition) is 3. The van der Waals surface area contributed by atoms with Crippen molar-refractivity contribution in [1.82, 2.24) is 15.5 Å². The number of rotatable bonds is 4. The van der Waals surface area contributed by atoms with Gasteiger partial charge in [-0.15, -0.1) is 0 Å². The number of nitrogens with one attached hydrogen (secondary N) is 2. The van der Waals surface area contributed by atoms with E-state index in [1.807, 2.05) is 6.07 Å². The molecule has 0 bridgehead atoms. The van der Waals surface area contributed by atoms with Crippen molar-refractivity contribution in [2.24, 2.45) is 5.92 Å². The van der Waals surface area contributed by atoms with Crippen molar-refractivity contribution in [2.75, 3.05) is 44.7 Å². The van der Waals surface area contributed by atoms with Crippen molar-refractivity contribution in [2.45, 2.75) is 25.3 Å². The quantitative estimate of drug-likeness (QED) is 0.892. The number of carbonyl (C=O) groups is 1. The fraction of sp³-hybridized carbons (Fsp3) is 0.611. The molecule has 2 saturated heterocycles. The Bertz CT molecular complexity index is 507. The van der Waals surface area contributed by atoms with Gasteiger partial charge in [0.05, 0.1) is 0 Å². The summed E-state index contributed by atoms with van der Waals surface area (Å²) in [6.07, 6.45) is 3.39. The molecule has 1 aromatic carbocycles. The van der Waals surface area contributed by atoms with E-state index in [9.17, 15) is 4.79 Å². The number of piperidine rings is 1. The second-order valence-electron chi connectivity index (χ2n) is 6.89. The summed E-state index contributed by atoms with van der Waals surface area (Å²) in [7, 11) is 2.11. The second kappa shape index (κ2) is 7.68. The Kier molecular flexibility index (Phi) is 5.39. The molecule has 2 aliphatic rings. The van der Waals surface area contributed by atoms with Crippen molar-refractivity contribution in [3.8, 4) is 0 Å². The molecule has 5 nitrogen and oxygen atoms in total. The molecule has 0 aliphatic carbocycles. The van der Waals surface area contributed by atoms with Crippen LogP contribution in [0.25, 0.3) is 0 Å². The number of amides is 2. The van der Waals surface area contributed by atoms with Crippen molar-refractivity contribution < 1.29 is 4.79 Å². The van der Waals surface area contributed by atoms with E-state index in [0.29, 0.717) is 5.92 Å². The van der Waals surface area contributed by atoms with Crippen molar-refractivity contribution in [1.29, 1.82) is 0 Å². The van der Waals surface area contributed by atoms with E-state index in [1.54, 1.807) is 0 Å².